The monoisotopic (exact) mass is 304 g/mol. The normalized spacial score (nSPS) is 10.4. The number of ether oxygens (including phenoxy) is 1. The fourth-order valence-corrected chi connectivity index (χ4v) is 2.38. The molecule has 0 aliphatic heterocycles. The van der Waals surface area contributed by atoms with E-state index < -0.39 is 0 Å². The fourth-order valence-electron chi connectivity index (χ4n) is 1.94. The van der Waals surface area contributed by atoms with Crippen molar-refractivity contribution >= 4 is 15.9 Å². The van der Waals surface area contributed by atoms with E-state index in [0.717, 1.165) is 22.4 Å². The minimum absolute atomic E-state index is 0.801. The lowest BCUT2D eigenvalue weighted by molar-refractivity contribution is 0.474. The number of benzene rings is 2. The standard InChI is InChI=1S/C16H17BrO/c1-11-4-6-15(13(3)8-11)18-16-7-5-12(2)9-14(16)10-17/h4-9H,10H2,1-3H3. The largest absolute Gasteiger partial charge is 0.457 e. The molecule has 0 saturated carbocycles. The molecule has 0 saturated heterocycles. The third-order valence-corrected chi connectivity index (χ3v) is 3.51. The predicted molar refractivity (Wildman–Crippen MR) is 79.8 cm³/mol. The van der Waals surface area contributed by atoms with Crippen LogP contribution in [0.25, 0.3) is 0 Å². The van der Waals surface area contributed by atoms with Crippen LogP contribution in [-0.4, -0.2) is 0 Å². The lowest BCUT2D eigenvalue weighted by Crippen LogP contribution is -1.92. The van der Waals surface area contributed by atoms with Crippen molar-refractivity contribution in [2.24, 2.45) is 0 Å². The zero-order valence-electron chi connectivity index (χ0n) is 11.0. The van der Waals surface area contributed by atoms with Gasteiger partial charge in [0.2, 0.25) is 0 Å². The summed E-state index contributed by atoms with van der Waals surface area (Å²) in [5.41, 5.74) is 4.84. The van der Waals surface area contributed by atoms with Gasteiger partial charge in [0.05, 0.1) is 0 Å². The zero-order valence-corrected chi connectivity index (χ0v) is 12.5. The van der Waals surface area contributed by atoms with Gasteiger partial charge in [-0.05, 0) is 38.5 Å². The molecular weight excluding hydrogens is 288 g/mol. The van der Waals surface area contributed by atoms with E-state index >= 15 is 0 Å². The Labute approximate surface area is 117 Å². The molecule has 2 aromatic carbocycles. The minimum Gasteiger partial charge on any atom is -0.457 e. The smallest absolute Gasteiger partial charge is 0.131 e. The summed E-state index contributed by atoms with van der Waals surface area (Å²) in [5.74, 6) is 1.84. The Morgan fingerprint density at radius 1 is 0.889 bits per heavy atom. The molecule has 0 spiro atoms. The first-order valence-electron chi connectivity index (χ1n) is 6.01. The van der Waals surface area contributed by atoms with Crippen molar-refractivity contribution in [1.82, 2.24) is 0 Å². The second-order valence-electron chi connectivity index (χ2n) is 4.62. The van der Waals surface area contributed by atoms with Gasteiger partial charge in [-0.3, -0.25) is 0 Å². The molecule has 0 amide bonds. The van der Waals surface area contributed by atoms with Crippen LogP contribution in [0.4, 0.5) is 0 Å². The van der Waals surface area contributed by atoms with Crippen LogP contribution in [0.15, 0.2) is 36.4 Å². The first kappa shape index (κ1) is 13.2. The number of rotatable bonds is 3. The summed E-state index contributed by atoms with van der Waals surface area (Å²) in [6.07, 6.45) is 0. The van der Waals surface area contributed by atoms with Crippen LogP contribution in [0.2, 0.25) is 0 Å². The maximum atomic E-state index is 6.01. The Morgan fingerprint density at radius 3 is 2.11 bits per heavy atom. The van der Waals surface area contributed by atoms with Gasteiger partial charge >= 0.3 is 0 Å². The first-order chi connectivity index (χ1) is 8.60. The van der Waals surface area contributed by atoms with Crippen molar-refractivity contribution in [3.8, 4) is 11.5 Å². The number of halogens is 1. The van der Waals surface area contributed by atoms with Crippen LogP contribution < -0.4 is 4.74 Å². The van der Waals surface area contributed by atoms with E-state index in [-0.39, 0.29) is 0 Å². The minimum atomic E-state index is 0.801. The molecule has 2 aromatic rings. The van der Waals surface area contributed by atoms with Gasteiger partial charge in [0.15, 0.2) is 0 Å². The van der Waals surface area contributed by atoms with Crippen LogP contribution in [0.3, 0.4) is 0 Å². The van der Waals surface area contributed by atoms with Crippen LogP contribution in [0.5, 0.6) is 11.5 Å². The Morgan fingerprint density at radius 2 is 1.50 bits per heavy atom. The summed E-state index contributed by atoms with van der Waals surface area (Å²) in [4.78, 5) is 0. The third-order valence-electron chi connectivity index (χ3n) is 2.91. The van der Waals surface area contributed by atoms with E-state index in [1.165, 1.54) is 16.7 Å². The van der Waals surface area contributed by atoms with Crippen molar-refractivity contribution in [3.63, 3.8) is 0 Å². The van der Waals surface area contributed by atoms with Gasteiger partial charge in [0.25, 0.3) is 0 Å². The number of hydrogen-bond acceptors (Lipinski definition) is 1. The molecule has 1 nitrogen and oxygen atoms in total. The highest BCUT2D eigenvalue weighted by Gasteiger charge is 2.06. The van der Waals surface area contributed by atoms with E-state index in [2.05, 4.69) is 61.0 Å². The lowest BCUT2D eigenvalue weighted by Gasteiger charge is -2.12. The average Bonchev–Trinajstić information content (AvgIpc) is 2.34. The maximum Gasteiger partial charge on any atom is 0.131 e. The van der Waals surface area contributed by atoms with Gasteiger partial charge in [-0.2, -0.15) is 0 Å². The SMILES string of the molecule is Cc1ccc(Oc2ccc(C)cc2CBr)c(C)c1. The van der Waals surface area contributed by atoms with Gasteiger partial charge in [0.1, 0.15) is 11.5 Å². The Hall–Kier alpha value is -1.28. The number of aryl methyl sites for hydroxylation is 3. The van der Waals surface area contributed by atoms with Gasteiger partial charge in [-0.15, -0.1) is 0 Å². The molecule has 0 bridgehead atoms. The third kappa shape index (κ3) is 2.94. The van der Waals surface area contributed by atoms with Crippen LogP contribution >= 0.6 is 15.9 Å². The average molecular weight is 305 g/mol. The molecule has 18 heavy (non-hydrogen) atoms. The zero-order chi connectivity index (χ0) is 13.1. The second kappa shape index (κ2) is 5.57. The van der Waals surface area contributed by atoms with Crippen LogP contribution in [0.1, 0.15) is 22.3 Å². The number of hydrogen-bond donors (Lipinski definition) is 0. The highest BCUT2D eigenvalue weighted by atomic mass is 79.9. The Bertz CT molecular complexity index is 561. The molecule has 0 aromatic heterocycles. The Balaban J connectivity index is 2.33. The van der Waals surface area contributed by atoms with Crippen molar-refractivity contribution in [2.75, 3.05) is 0 Å². The van der Waals surface area contributed by atoms with E-state index in [4.69, 9.17) is 4.74 Å². The van der Waals surface area contributed by atoms with Gasteiger partial charge < -0.3 is 4.74 Å². The summed E-state index contributed by atoms with van der Waals surface area (Å²) in [5, 5.41) is 0.801. The van der Waals surface area contributed by atoms with E-state index in [9.17, 15) is 0 Å². The molecule has 94 valence electrons. The summed E-state index contributed by atoms with van der Waals surface area (Å²) < 4.78 is 6.01. The predicted octanol–water partition coefficient (Wildman–Crippen LogP) is 5.30. The topological polar surface area (TPSA) is 9.23 Å². The fraction of sp³-hybridized carbons (Fsp3) is 0.250. The van der Waals surface area contributed by atoms with Crippen LogP contribution in [0, 0.1) is 20.8 Å². The summed E-state index contributed by atoms with van der Waals surface area (Å²) in [6.45, 7) is 6.25. The first-order valence-corrected chi connectivity index (χ1v) is 7.13. The van der Waals surface area contributed by atoms with E-state index in [1.54, 1.807) is 0 Å². The maximum absolute atomic E-state index is 6.01. The molecular formula is C16H17BrO. The van der Waals surface area contributed by atoms with Gasteiger partial charge in [0, 0.05) is 10.9 Å². The van der Waals surface area contributed by atoms with E-state index in [1.807, 2.05) is 12.1 Å². The highest BCUT2D eigenvalue weighted by molar-refractivity contribution is 9.08. The molecule has 0 fully saturated rings. The second-order valence-corrected chi connectivity index (χ2v) is 5.18. The summed E-state index contributed by atoms with van der Waals surface area (Å²) in [6, 6.07) is 12.5. The quantitative estimate of drug-likeness (QED) is 0.699. The van der Waals surface area contributed by atoms with Gasteiger partial charge in [-0.1, -0.05) is 51.3 Å². The van der Waals surface area contributed by atoms with Gasteiger partial charge in [-0.25, -0.2) is 0 Å². The van der Waals surface area contributed by atoms with Crippen molar-refractivity contribution in [1.29, 1.82) is 0 Å². The number of alkyl halides is 1. The molecule has 2 heteroatoms. The summed E-state index contributed by atoms with van der Waals surface area (Å²) >= 11 is 3.51. The van der Waals surface area contributed by atoms with Crippen molar-refractivity contribution in [3.05, 3.63) is 58.7 Å². The summed E-state index contributed by atoms with van der Waals surface area (Å²) in [7, 11) is 0. The molecule has 0 heterocycles. The Kier molecular flexibility index (Phi) is 4.07. The lowest BCUT2D eigenvalue weighted by atomic mass is 10.1. The van der Waals surface area contributed by atoms with Crippen molar-refractivity contribution in [2.45, 2.75) is 26.1 Å². The molecule has 0 unspecified atom stereocenters. The molecule has 0 atom stereocenters. The molecule has 0 aliphatic rings. The van der Waals surface area contributed by atoms with Crippen molar-refractivity contribution < 1.29 is 4.74 Å². The van der Waals surface area contributed by atoms with E-state index in [0.29, 0.717) is 0 Å². The molecule has 0 N–H and O–H groups in total. The van der Waals surface area contributed by atoms with Crippen LogP contribution in [-0.2, 0) is 5.33 Å². The highest BCUT2D eigenvalue weighted by Crippen LogP contribution is 2.30. The molecule has 0 radical (unpaired) electrons. The molecule has 2 rings (SSSR count). The molecule has 0 aliphatic carbocycles.